The molecule has 5 heteroatoms. The fourth-order valence-electron chi connectivity index (χ4n) is 2.88. The number of amides is 1. The molecule has 116 valence electrons. The summed E-state index contributed by atoms with van der Waals surface area (Å²) in [6.07, 6.45) is 3.12. The Hall–Kier alpha value is -1.10. The molecule has 0 spiro atoms. The van der Waals surface area contributed by atoms with Gasteiger partial charge in [-0.2, -0.15) is 0 Å². The van der Waals surface area contributed by atoms with Crippen LogP contribution in [0.1, 0.15) is 53.4 Å². The fourth-order valence-corrected chi connectivity index (χ4v) is 2.88. The van der Waals surface area contributed by atoms with Crippen molar-refractivity contribution >= 4 is 11.9 Å². The van der Waals surface area contributed by atoms with Crippen LogP contribution in [0.3, 0.4) is 0 Å². The van der Waals surface area contributed by atoms with Gasteiger partial charge in [-0.15, -0.1) is 0 Å². The molecule has 0 bridgehead atoms. The molecule has 4 N–H and O–H groups in total. The third kappa shape index (κ3) is 4.20. The van der Waals surface area contributed by atoms with Gasteiger partial charge in [0.15, 0.2) is 0 Å². The molecule has 0 aliphatic heterocycles. The van der Waals surface area contributed by atoms with Crippen LogP contribution in [0.25, 0.3) is 0 Å². The first-order chi connectivity index (χ1) is 9.06. The second-order valence-corrected chi connectivity index (χ2v) is 7.43. The third-order valence-corrected chi connectivity index (χ3v) is 4.27. The number of aliphatic carboxylic acids is 1. The highest BCUT2D eigenvalue weighted by Gasteiger charge is 2.43. The van der Waals surface area contributed by atoms with Crippen molar-refractivity contribution in [2.24, 2.45) is 22.5 Å². The lowest BCUT2D eigenvalue weighted by atomic mass is 9.82. The highest BCUT2D eigenvalue weighted by atomic mass is 16.4. The second kappa shape index (κ2) is 6.12. The van der Waals surface area contributed by atoms with Gasteiger partial charge in [0, 0.05) is 12.6 Å². The maximum atomic E-state index is 12.3. The van der Waals surface area contributed by atoms with Gasteiger partial charge in [0.05, 0.1) is 11.3 Å². The van der Waals surface area contributed by atoms with Crippen molar-refractivity contribution in [2.75, 3.05) is 6.54 Å². The number of rotatable bonds is 5. The SMILES string of the molecule is CC(C)(C)CC(CNC(=O)C1(C)CCCC1N)C(=O)O. The molecular formula is C15H28N2O3. The molecule has 1 aliphatic carbocycles. The Bertz CT molecular complexity index is 376. The summed E-state index contributed by atoms with van der Waals surface area (Å²) < 4.78 is 0. The zero-order valence-corrected chi connectivity index (χ0v) is 13.0. The summed E-state index contributed by atoms with van der Waals surface area (Å²) in [7, 11) is 0. The first-order valence-corrected chi connectivity index (χ1v) is 7.33. The van der Waals surface area contributed by atoms with Crippen LogP contribution >= 0.6 is 0 Å². The number of nitrogens with one attached hydrogen (secondary N) is 1. The molecule has 5 nitrogen and oxygen atoms in total. The van der Waals surface area contributed by atoms with E-state index >= 15 is 0 Å². The van der Waals surface area contributed by atoms with Gasteiger partial charge in [0.2, 0.25) is 5.91 Å². The van der Waals surface area contributed by atoms with Crippen molar-refractivity contribution < 1.29 is 14.7 Å². The minimum absolute atomic E-state index is 0.0819. The van der Waals surface area contributed by atoms with Gasteiger partial charge in [-0.25, -0.2) is 0 Å². The molecular weight excluding hydrogens is 256 g/mol. The smallest absolute Gasteiger partial charge is 0.308 e. The lowest BCUT2D eigenvalue weighted by molar-refractivity contribution is -0.143. The Morgan fingerprint density at radius 2 is 2.05 bits per heavy atom. The van der Waals surface area contributed by atoms with Crippen LogP contribution in [0, 0.1) is 16.7 Å². The van der Waals surface area contributed by atoms with Gasteiger partial charge in [-0.1, -0.05) is 27.2 Å². The van der Waals surface area contributed by atoms with Crippen molar-refractivity contribution in [1.29, 1.82) is 0 Å². The minimum Gasteiger partial charge on any atom is -0.481 e. The molecule has 1 amide bonds. The van der Waals surface area contributed by atoms with Gasteiger partial charge < -0.3 is 16.2 Å². The van der Waals surface area contributed by atoms with Crippen LogP contribution in [0.15, 0.2) is 0 Å². The molecule has 1 aliphatic rings. The standard InChI is InChI=1S/C15H28N2O3/c1-14(2,3)8-10(12(18)19)9-17-13(20)15(4)7-5-6-11(15)16/h10-11H,5-9,16H2,1-4H3,(H,17,20)(H,18,19). The Morgan fingerprint density at radius 1 is 1.45 bits per heavy atom. The maximum absolute atomic E-state index is 12.3. The molecule has 0 radical (unpaired) electrons. The number of hydrogen-bond acceptors (Lipinski definition) is 3. The van der Waals surface area contributed by atoms with E-state index in [9.17, 15) is 14.7 Å². The molecule has 3 atom stereocenters. The van der Waals surface area contributed by atoms with Gasteiger partial charge in [-0.05, 0) is 31.6 Å². The van der Waals surface area contributed by atoms with Crippen molar-refractivity contribution in [3.8, 4) is 0 Å². The predicted molar refractivity (Wildman–Crippen MR) is 78.1 cm³/mol. The van der Waals surface area contributed by atoms with Crippen LogP contribution in [-0.4, -0.2) is 29.6 Å². The Labute approximate surface area is 121 Å². The summed E-state index contributed by atoms with van der Waals surface area (Å²) in [4.78, 5) is 23.6. The maximum Gasteiger partial charge on any atom is 0.308 e. The van der Waals surface area contributed by atoms with Crippen LogP contribution < -0.4 is 11.1 Å². The summed E-state index contributed by atoms with van der Waals surface area (Å²) >= 11 is 0. The monoisotopic (exact) mass is 284 g/mol. The topological polar surface area (TPSA) is 92.4 Å². The Morgan fingerprint density at radius 3 is 2.45 bits per heavy atom. The number of carbonyl (C=O) groups is 2. The molecule has 0 aromatic carbocycles. The van der Waals surface area contributed by atoms with E-state index in [0.29, 0.717) is 6.42 Å². The summed E-state index contributed by atoms with van der Waals surface area (Å²) in [5, 5.41) is 12.1. The average molecular weight is 284 g/mol. The van der Waals surface area contributed by atoms with E-state index in [1.165, 1.54) is 0 Å². The lowest BCUT2D eigenvalue weighted by Crippen LogP contribution is -2.49. The normalized spacial score (nSPS) is 28.1. The van der Waals surface area contributed by atoms with Crippen molar-refractivity contribution in [1.82, 2.24) is 5.32 Å². The van der Waals surface area contributed by atoms with E-state index in [0.717, 1.165) is 19.3 Å². The predicted octanol–water partition coefficient (Wildman–Crippen LogP) is 1.76. The highest BCUT2D eigenvalue weighted by Crippen LogP contribution is 2.36. The van der Waals surface area contributed by atoms with Crippen LogP contribution in [0.4, 0.5) is 0 Å². The molecule has 0 heterocycles. The third-order valence-electron chi connectivity index (χ3n) is 4.27. The summed E-state index contributed by atoms with van der Waals surface area (Å²) in [6.45, 7) is 8.05. The summed E-state index contributed by atoms with van der Waals surface area (Å²) in [5.74, 6) is -1.52. The molecule has 0 aromatic rings. The first-order valence-electron chi connectivity index (χ1n) is 7.33. The number of carboxylic acid groups (broad SMARTS) is 1. The molecule has 0 saturated heterocycles. The van der Waals surface area contributed by atoms with E-state index in [1.807, 2.05) is 27.7 Å². The number of nitrogens with two attached hydrogens (primary N) is 1. The number of hydrogen-bond donors (Lipinski definition) is 3. The summed E-state index contributed by atoms with van der Waals surface area (Å²) in [5.41, 5.74) is 5.37. The fraction of sp³-hybridized carbons (Fsp3) is 0.867. The number of carboxylic acids is 1. The second-order valence-electron chi connectivity index (χ2n) is 7.43. The minimum atomic E-state index is -0.860. The van der Waals surface area contributed by atoms with Crippen molar-refractivity contribution in [3.63, 3.8) is 0 Å². The zero-order valence-electron chi connectivity index (χ0n) is 13.0. The van der Waals surface area contributed by atoms with Gasteiger partial charge >= 0.3 is 5.97 Å². The van der Waals surface area contributed by atoms with E-state index < -0.39 is 17.3 Å². The van der Waals surface area contributed by atoms with E-state index in [2.05, 4.69) is 5.32 Å². The molecule has 0 aromatic heterocycles. The molecule has 3 unspecified atom stereocenters. The van der Waals surface area contributed by atoms with E-state index in [1.54, 1.807) is 0 Å². The lowest BCUT2D eigenvalue weighted by Gasteiger charge is -2.29. The molecule has 1 saturated carbocycles. The first kappa shape index (κ1) is 17.0. The Balaban J connectivity index is 2.59. The van der Waals surface area contributed by atoms with Crippen LogP contribution in [0.5, 0.6) is 0 Å². The zero-order chi connectivity index (χ0) is 15.6. The van der Waals surface area contributed by atoms with Gasteiger partial charge in [-0.3, -0.25) is 9.59 Å². The number of carbonyl (C=O) groups excluding carboxylic acids is 1. The van der Waals surface area contributed by atoms with Crippen LogP contribution in [0.2, 0.25) is 0 Å². The highest BCUT2D eigenvalue weighted by molar-refractivity contribution is 5.84. The van der Waals surface area contributed by atoms with Crippen molar-refractivity contribution in [2.45, 2.75) is 59.4 Å². The van der Waals surface area contributed by atoms with E-state index in [4.69, 9.17) is 5.73 Å². The molecule has 1 rings (SSSR count). The van der Waals surface area contributed by atoms with Gasteiger partial charge in [0.1, 0.15) is 0 Å². The average Bonchev–Trinajstić information content (AvgIpc) is 2.64. The van der Waals surface area contributed by atoms with Crippen LogP contribution in [-0.2, 0) is 9.59 Å². The van der Waals surface area contributed by atoms with Crippen molar-refractivity contribution in [3.05, 3.63) is 0 Å². The summed E-state index contributed by atoms with van der Waals surface area (Å²) in [6, 6.07) is -0.131. The van der Waals surface area contributed by atoms with Gasteiger partial charge in [0.25, 0.3) is 0 Å². The molecule has 1 fully saturated rings. The molecule has 20 heavy (non-hydrogen) atoms. The van der Waals surface area contributed by atoms with E-state index in [-0.39, 0.29) is 23.9 Å². The Kier molecular flexibility index (Phi) is 5.19. The largest absolute Gasteiger partial charge is 0.481 e. The quantitative estimate of drug-likeness (QED) is 0.717.